The van der Waals surface area contributed by atoms with Gasteiger partial charge in [0.2, 0.25) is 0 Å². The van der Waals surface area contributed by atoms with E-state index in [-0.39, 0.29) is 18.9 Å². The van der Waals surface area contributed by atoms with Crippen LogP contribution >= 0.6 is 0 Å². The smallest absolute Gasteiger partial charge is 0.351 e. The van der Waals surface area contributed by atoms with Crippen LogP contribution in [0, 0.1) is 11.8 Å². The second-order valence-electron chi connectivity index (χ2n) is 5.39. The van der Waals surface area contributed by atoms with Gasteiger partial charge in [-0.05, 0) is 30.4 Å². The third kappa shape index (κ3) is 6.92. The van der Waals surface area contributed by atoms with Gasteiger partial charge in [0.15, 0.2) is 6.61 Å². The van der Waals surface area contributed by atoms with Gasteiger partial charge in [0.1, 0.15) is 5.75 Å². The molecule has 0 aliphatic heterocycles. The molecule has 0 spiro atoms. The number of hydrogen-bond acceptors (Lipinski definition) is 4. The minimum atomic E-state index is -0.657. The first-order valence-electron chi connectivity index (χ1n) is 6.88. The van der Waals surface area contributed by atoms with E-state index in [9.17, 15) is 9.59 Å². The highest BCUT2D eigenvalue weighted by Gasteiger charge is 2.15. The molecule has 110 valence electrons. The van der Waals surface area contributed by atoms with Crippen LogP contribution in [0.5, 0.6) is 5.75 Å². The molecule has 1 aromatic carbocycles. The molecule has 4 nitrogen and oxygen atoms in total. The van der Waals surface area contributed by atoms with E-state index in [1.807, 2.05) is 13.0 Å². The molecular formula is C16H22O4. The summed E-state index contributed by atoms with van der Waals surface area (Å²) < 4.78 is 9.93. The second kappa shape index (κ2) is 8.35. The minimum Gasteiger partial charge on any atom is -0.482 e. The molecule has 0 amide bonds. The molecule has 1 atom stereocenters. The van der Waals surface area contributed by atoms with Crippen molar-refractivity contribution in [1.82, 2.24) is 0 Å². The molecule has 20 heavy (non-hydrogen) atoms. The van der Waals surface area contributed by atoms with Crippen LogP contribution in [0.25, 0.3) is 0 Å². The Morgan fingerprint density at radius 3 is 2.30 bits per heavy atom. The quantitative estimate of drug-likeness (QED) is 0.567. The van der Waals surface area contributed by atoms with Crippen molar-refractivity contribution in [1.29, 1.82) is 0 Å². The molecule has 0 radical (unpaired) electrons. The molecule has 1 rings (SSSR count). The summed E-state index contributed by atoms with van der Waals surface area (Å²) >= 11 is 0. The average Bonchev–Trinajstić information content (AvgIpc) is 2.36. The van der Waals surface area contributed by atoms with Crippen molar-refractivity contribution >= 4 is 11.9 Å². The lowest BCUT2D eigenvalue weighted by molar-refractivity contribution is -0.161. The standard InChI is InChI=1S/C16H22O4/c1-12(2)9-13(3)10-15(17)20-16(18)11-19-14-7-5-4-6-8-14/h4-8,12-13H,9-11H2,1-3H3. The van der Waals surface area contributed by atoms with Crippen molar-refractivity contribution in [3.8, 4) is 5.75 Å². The molecular weight excluding hydrogens is 256 g/mol. The molecule has 0 aliphatic carbocycles. The van der Waals surface area contributed by atoms with Crippen LogP contribution in [0.1, 0.15) is 33.6 Å². The van der Waals surface area contributed by atoms with E-state index >= 15 is 0 Å². The maximum Gasteiger partial charge on any atom is 0.351 e. The Bertz CT molecular complexity index is 425. The zero-order valence-corrected chi connectivity index (χ0v) is 12.3. The van der Waals surface area contributed by atoms with Crippen LogP contribution in [0.15, 0.2) is 30.3 Å². The first-order valence-corrected chi connectivity index (χ1v) is 6.88. The van der Waals surface area contributed by atoms with Gasteiger partial charge >= 0.3 is 11.9 Å². The van der Waals surface area contributed by atoms with Crippen LogP contribution in [-0.2, 0) is 14.3 Å². The molecule has 0 N–H and O–H groups in total. The highest BCUT2D eigenvalue weighted by atomic mass is 16.6. The van der Waals surface area contributed by atoms with Gasteiger partial charge in [0.25, 0.3) is 0 Å². The van der Waals surface area contributed by atoms with Gasteiger partial charge < -0.3 is 9.47 Å². The zero-order valence-electron chi connectivity index (χ0n) is 12.3. The molecule has 0 heterocycles. The van der Waals surface area contributed by atoms with Crippen molar-refractivity contribution < 1.29 is 19.1 Å². The van der Waals surface area contributed by atoms with Crippen molar-refractivity contribution in [2.24, 2.45) is 11.8 Å². The number of ether oxygens (including phenoxy) is 2. The molecule has 0 fully saturated rings. The van der Waals surface area contributed by atoms with Gasteiger partial charge in [0.05, 0.1) is 0 Å². The maximum atomic E-state index is 11.6. The van der Waals surface area contributed by atoms with E-state index in [4.69, 9.17) is 9.47 Å². The first-order chi connectivity index (χ1) is 9.47. The Labute approximate surface area is 120 Å². The molecule has 0 aromatic heterocycles. The van der Waals surface area contributed by atoms with Gasteiger partial charge in [-0.2, -0.15) is 0 Å². The summed E-state index contributed by atoms with van der Waals surface area (Å²) in [6, 6.07) is 8.93. The van der Waals surface area contributed by atoms with E-state index < -0.39 is 11.9 Å². The summed E-state index contributed by atoms with van der Waals surface area (Å²) in [6.45, 7) is 5.92. The fourth-order valence-corrected chi connectivity index (χ4v) is 2.03. The largest absolute Gasteiger partial charge is 0.482 e. The molecule has 0 bridgehead atoms. The van der Waals surface area contributed by atoms with Crippen LogP contribution in [-0.4, -0.2) is 18.5 Å². The van der Waals surface area contributed by atoms with Gasteiger partial charge in [-0.25, -0.2) is 4.79 Å². The van der Waals surface area contributed by atoms with Crippen LogP contribution in [0.4, 0.5) is 0 Å². The molecule has 0 saturated carbocycles. The second-order valence-corrected chi connectivity index (χ2v) is 5.39. The summed E-state index contributed by atoms with van der Waals surface area (Å²) in [6.07, 6.45) is 1.19. The van der Waals surface area contributed by atoms with Crippen molar-refractivity contribution in [2.75, 3.05) is 6.61 Å². The first kappa shape index (κ1) is 16.2. The van der Waals surface area contributed by atoms with E-state index in [0.717, 1.165) is 6.42 Å². The minimum absolute atomic E-state index is 0.213. The summed E-state index contributed by atoms with van der Waals surface area (Å²) in [5.74, 6) is 0.167. The number of hydrogen-bond donors (Lipinski definition) is 0. The van der Waals surface area contributed by atoms with Crippen LogP contribution < -0.4 is 4.74 Å². The number of esters is 2. The molecule has 1 aromatic rings. The Kier molecular flexibility index (Phi) is 6.77. The Morgan fingerprint density at radius 2 is 1.70 bits per heavy atom. The predicted octanol–water partition coefficient (Wildman–Crippen LogP) is 3.21. The number of benzene rings is 1. The summed E-state index contributed by atoms with van der Waals surface area (Å²) in [5, 5.41) is 0. The van der Waals surface area contributed by atoms with E-state index in [0.29, 0.717) is 11.7 Å². The lowest BCUT2D eigenvalue weighted by Gasteiger charge is -2.12. The summed E-state index contributed by atoms with van der Waals surface area (Å²) in [5.41, 5.74) is 0. The fraction of sp³-hybridized carbons (Fsp3) is 0.500. The van der Waals surface area contributed by atoms with Crippen molar-refractivity contribution in [3.63, 3.8) is 0 Å². The van der Waals surface area contributed by atoms with Gasteiger partial charge in [-0.15, -0.1) is 0 Å². The average molecular weight is 278 g/mol. The zero-order chi connectivity index (χ0) is 15.0. The normalized spacial score (nSPS) is 12.0. The molecule has 0 aliphatic rings. The summed E-state index contributed by atoms with van der Waals surface area (Å²) in [7, 11) is 0. The van der Waals surface area contributed by atoms with Crippen LogP contribution in [0.3, 0.4) is 0 Å². The number of carbonyl (C=O) groups is 2. The SMILES string of the molecule is CC(C)CC(C)CC(=O)OC(=O)COc1ccccc1. The molecule has 4 heteroatoms. The third-order valence-corrected chi connectivity index (χ3v) is 2.72. The monoisotopic (exact) mass is 278 g/mol. The van der Waals surface area contributed by atoms with E-state index in [1.165, 1.54) is 0 Å². The Morgan fingerprint density at radius 1 is 1.05 bits per heavy atom. The van der Waals surface area contributed by atoms with Crippen molar-refractivity contribution in [2.45, 2.75) is 33.6 Å². The lowest BCUT2D eigenvalue weighted by Crippen LogP contribution is -2.20. The van der Waals surface area contributed by atoms with E-state index in [2.05, 4.69) is 13.8 Å². The molecule has 1 unspecified atom stereocenters. The lowest BCUT2D eigenvalue weighted by atomic mass is 9.96. The van der Waals surface area contributed by atoms with Gasteiger partial charge in [-0.3, -0.25) is 4.79 Å². The number of para-hydroxylation sites is 1. The Hall–Kier alpha value is -1.84. The fourth-order valence-electron chi connectivity index (χ4n) is 2.03. The maximum absolute atomic E-state index is 11.6. The molecule has 0 saturated heterocycles. The highest BCUT2D eigenvalue weighted by molar-refractivity contribution is 5.86. The number of carbonyl (C=O) groups excluding carboxylic acids is 2. The number of rotatable bonds is 7. The van der Waals surface area contributed by atoms with Gasteiger partial charge in [0, 0.05) is 6.42 Å². The van der Waals surface area contributed by atoms with Gasteiger partial charge in [-0.1, -0.05) is 39.0 Å². The predicted molar refractivity (Wildman–Crippen MR) is 76.3 cm³/mol. The van der Waals surface area contributed by atoms with Crippen molar-refractivity contribution in [3.05, 3.63) is 30.3 Å². The third-order valence-electron chi connectivity index (χ3n) is 2.72. The van der Waals surface area contributed by atoms with E-state index in [1.54, 1.807) is 24.3 Å². The topological polar surface area (TPSA) is 52.6 Å². The highest BCUT2D eigenvalue weighted by Crippen LogP contribution is 2.15. The Balaban J connectivity index is 2.26. The van der Waals surface area contributed by atoms with Crippen LogP contribution in [0.2, 0.25) is 0 Å². The summed E-state index contributed by atoms with van der Waals surface area (Å²) in [4.78, 5) is 23.0.